The summed E-state index contributed by atoms with van der Waals surface area (Å²) in [4.78, 5) is 37.3. The lowest BCUT2D eigenvalue weighted by Crippen LogP contribution is -2.46. The van der Waals surface area contributed by atoms with Gasteiger partial charge in [-0.1, -0.05) is 12.3 Å². The zero-order valence-electron chi connectivity index (χ0n) is 18.5. The van der Waals surface area contributed by atoms with Gasteiger partial charge in [-0.3, -0.25) is 9.59 Å². The highest BCUT2D eigenvalue weighted by Crippen LogP contribution is 2.21. The first kappa shape index (κ1) is 24.3. The zero-order chi connectivity index (χ0) is 22.9. The normalized spacial score (nSPS) is 15.3. The van der Waals surface area contributed by atoms with Crippen LogP contribution in [-0.2, 0) is 19.1 Å². The predicted molar refractivity (Wildman–Crippen MR) is 118 cm³/mol. The Morgan fingerprint density at radius 2 is 1.77 bits per heavy atom. The average molecular weight is 429 g/mol. The van der Waals surface area contributed by atoms with E-state index in [4.69, 9.17) is 15.9 Å². The zero-order valence-corrected chi connectivity index (χ0v) is 18.5. The molecule has 0 heterocycles. The van der Waals surface area contributed by atoms with Crippen molar-refractivity contribution in [2.75, 3.05) is 5.32 Å². The Morgan fingerprint density at radius 3 is 2.35 bits per heavy atom. The monoisotopic (exact) mass is 428 g/mol. The van der Waals surface area contributed by atoms with Crippen LogP contribution in [0.3, 0.4) is 0 Å². The molecule has 7 heteroatoms. The topological polar surface area (TPSA) is 93.7 Å². The molecule has 0 aliphatic heterocycles. The van der Waals surface area contributed by atoms with Crippen molar-refractivity contribution in [3.8, 4) is 12.3 Å². The van der Waals surface area contributed by atoms with E-state index in [1.165, 1.54) is 6.42 Å². The molecule has 0 spiro atoms. The van der Waals surface area contributed by atoms with Crippen molar-refractivity contribution in [3.05, 3.63) is 29.8 Å². The minimum atomic E-state index is -0.957. The molecule has 1 fully saturated rings. The van der Waals surface area contributed by atoms with Gasteiger partial charge in [0.1, 0.15) is 17.7 Å². The van der Waals surface area contributed by atoms with Crippen molar-refractivity contribution >= 4 is 23.7 Å². The number of esters is 1. The van der Waals surface area contributed by atoms with Gasteiger partial charge in [-0.15, -0.1) is 6.42 Å². The van der Waals surface area contributed by atoms with Crippen molar-refractivity contribution in [2.24, 2.45) is 0 Å². The van der Waals surface area contributed by atoms with Gasteiger partial charge < -0.3 is 20.1 Å². The fraction of sp³-hybridized carbons (Fsp3) is 0.542. The van der Waals surface area contributed by atoms with Crippen molar-refractivity contribution in [3.63, 3.8) is 0 Å². The number of alkyl carbamates (subject to hydrolysis) is 1. The Labute approximate surface area is 184 Å². The molecule has 1 aromatic carbocycles. The van der Waals surface area contributed by atoms with E-state index in [0.717, 1.165) is 25.7 Å². The summed E-state index contributed by atoms with van der Waals surface area (Å²) in [5.41, 5.74) is 0.507. The molecule has 0 saturated heterocycles. The molecule has 168 valence electrons. The second-order valence-electron chi connectivity index (χ2n) is 8.70. The fourth-order valence-electron chi connectivity index (χ4n) is 3.29. The van der Waals surface area contributed by atoms with E-state index < -0.39 is 23.6 Å². The minimum absolute atomic E-state index is 0.0143. The molecule has 1 aliphatic carbocycles. The van der Waals surface area contributed by atoms with E-state index in [2.05, 4.69) is 16.6 Å². The van der Waals surface area contributed by atoms with Crippen LogP contribution in [0.5, 0.6) is 0 Å². The molecule has 7 nitrogen and oxygen atoms in total. The molecule has 1 aliphatic rings. The Balaban J connectivity index is 1.98. The summed E-state index contributed by atoms with van der Waals surface area (Å²) in [5, 5.41) is 5.30. The van der Waals surface area contributed by atoms with Crippen molar-refractivity contribution < 1.29 is 23.9 Å². The number of terminal acetylenes is 1. The summed E-state index contributed by atoms with van der Waals surface area (Å²) in [5.74, 6) is 1.69. The van der Waals surface area contributed by atoms with E-state index >= 15 is 0 Å². The summed E-state index contributed by atoms with van der Waals surface area (Å²) >= 11 is 0. The van der Waals surface area contributed by atoms with Gasteiger partial charge in [0.05, 0.1) is 0 Å². The maximum Gasteiger partial charge on any atom is 0.408 e. The smallest absolute Gasteiger partial charge is 0.408 e. The van der Waals surface area contributed by atoms with Gasteiger partial charge in [0.2, 0.25) is 5.91 Å². The molecule has 31 heavy (non-hydrogen) atoms. The number of rotatable bonds is 7. The van der Waals surface area contributed by atoms with Crippen LogP contribution in [0.2, 0.25) is 0 Å². The highest BCUT2D eigenvalue weighted by molar-refractivity contribution is 5.96. The number of nitrogens with one attached hydrogen (secondary N) is 2. The third-order valence-electron chi connectivity index (χ3n) is 4.81. The predicted octanol–water partition coefficient (Wildman–Crippen LogP) is 4.16. The van der Waals surface area contributed by atoms with Crippen LogP contribution >= 0.6 is 0 Å². The molecule has 0 unspecified atom stereocenters. The first-order valence-electron chi connectivity index (χ1n) is 10.7. The average Bonchev–Trinajstić information content (AvgIpc) is 2.71. The lowest BCUT2D eigenvalue weighted by Gasteiger charge is -2.24. The van der Waals surface area contributed by atoms with Gasteiger partial charge in [-0.2, -0.15) is 0 Å². The molecular weight excluding hydrogens is 396 g/mol. The number of hydrogen-bond donors (Lipinski definition) is 2. The lowest BCUT2D eigenvalue weighted by atomic mass is 9.98. The molecule has 2 N–H and O–H groups in total. The third-order valence-corrected chi connectivity index (χ3v) is 4.81. The molecule has 1 aromatic rings. The first-order valence-corrected chi connectivity index (χ1v) is 10.7. The molecule has 2 amide bonds. The lowest BCUT2D eigenvalue weighted by molar-refractivity contribution is -0.150. The van der Waals surface area contributed by atoms with E-state index in [9.17, 15) is 14.4 Å². The number of hydrogen-bond acceptors (Lipinski definition) is 5. The van der Waals surface area contributed by atoms with Crippen LogP contribution in [0.25, 0.3) is 0 Å². The molecular formula is C24H32N2O5. The van der Waals surface area contributed by atoms with Crippen LogP contribution in [0.4, 0.5) is 10.5 Å². The minimum Gasteiger partial charge on any atom is -0.462 e. The maximum absolute atomic E-state index is 12.8. The number of anilines is 1. The Hall–Kier alpha value is -3.01. The molecule has 0 aromatic heterocycles. The number of carbonyl (C=O) groups excluding carboxylic acids is 3. The number of benzene rings is 1. The fourth-order valence-corrected chi connectivity index (χ4v) is 3.29. The first-order chi connectivity index (χ1) is 14.7. The van der Waals surface area contributed by atoms with Crippen LogP contribution in [0.15, 0.2) is 24.3 Å². The number of carbonyl (C=O) groups is 3. The highest BCUT2D eigenvalue weighted by atomic mass is 16.6. The van der Waals surface area contributed by atoms with Gasteiger partial charge in [0.15, 0.2) is 0 Å². The van der Waals surface area contributed by atoms with E-state index in [1.54, 1.807) is 45.0 Å². The number of ether oxygens (including phenoxy) is 2. The van der Waals surface area contributed by atoms with E-state index in [1.807, 2.05) is 0 Å². The van der Waals surface area contributed by atoms with Crippen molar-refractivity contribution in [2.45, 2.75) is 83.5 Å². The second-order valence-corrected chi connectivity index (χ2v) is 8.70. The molecule has 0 radical (unpaired) electrons. The Kier molecular flexibility index (Phi) is 8.92. The van der Waals surface area contributed by atoms with Crippen LogP contribution in [0.1, 0.15) is 71.3 Å². The van der Waals surface area contributed by atoms with E-state index in [-0.39, 0.29) is 24.9 Å². The summed E-state index contributed by atoms with van der Waals surface area (Å²) in [6.07, 6.45) is 9.71. The van der Waals surface area contributed by atoms with E-state index in [0.29, 0.717) is 11.3 Å². The Bertz CT molecular complexity index is 799. The Morgan fingerprint density at radius 1 is 1.13 bits per heavy atom. The quantitative estimate of drug-likeness (QED) is 0.502. The molecule has 1 saturated carbocycles. The summed E-state index contributed by atoms with van der Waals surface area (Å²) in [7, 11) is 0. The third kappa shape index (κ3) is 9.12. The summed E-state index contributed by atoms with van der Waals surface area (Å²) in [6.45, 7) is 5.20. The molecule has 0 bridgehead atoms. The van der Waals surface area contributed by atoms with Gasteiger partial charge in [0.25, 0.3) is 0 Å². The molecule has 1 atom stereocenters. The standard InChI is InChI=1S/C24H32N2O5/c1-5-17-11-13-18(14-12-17)25-22(28)20(26-23(29)31-24(2,3)4)15-16-21(27)30-19-9-7-6-8-10-19/h1,11-14,19-20H,6-10,15-16H2,2-4H3,(H,25,28)(H,26,29)/t20-/m0/s1. The second kappa shape index (κ2) is 11.4. The maximum atomic E-state index is 12.8. The largest absolute Gasteiger partial charge is 0.462 e. The van der Waals surface area contributed by atoms with Gasteiger partial charge >= 0.3 is 12.1 Å². The summed E-state index contributed by atoms with van der Waals surface area (Å²) < 4.78 is 10.8. The van der Waals surface area contributed by atoms with Gasteiger partial charge in [-0.25, -0.2) is 4.79 Å². The van der Waals surface area contributed by atoms with Crippen LogP contribution in [0, 0.1) is 12.3 Å². The summed E-state index contributed by atoms with van der Waals surface area (Å²) in [6, 6.07) is 5.80. The van der Waals surface area contributed by atoms with Crippen LogP contribution in [-0.4, -0.2) is 35.7 Å². The van der Waals surface area contributed by atoms with Gasteiger partial charge in [-0.05, 0) is 77.1 Å². The molecule has 2 rings (SSSR count). The SMILES string of the molecule is C#Cc1ccc(NC(=O)[C@H](CCC(=O)OC2CCCCC2)NC(=O)OC(C)(C)C)cc1. The van der Waals surface area contributed by atoms with Gasteiger partial charge in [0, 0.05) is 17.7 Å². The number of amides is 2. The van der Waals surface area contributed by atoms with Crippen molar-refractivity contribution in [1.29, 1.82) is 0 Å². The van der Waals surface area contributed by atoms with Crippen LogP contribution < -0.4 is 10.6 Å². The highest BCUT2D eigenvalue weighted by Gasteiger charge is 2.26. The van der Waals surface area contributed by atoms with Crippen molar-refractivity contribution in [1.82, 2.24) is 5.32 Å².